The molecule has 162 valence electrons. The van der Waals surface area contributed by atoms with Crippen molar-refractivity contribution in [1.82, 2.24) is 0 Å². The second kappa shape index (κ2) is 10.2. The van der Waals surface area contributed by atoms with Gasteiger partial charge in [-0.25, -0.2) is 0 Å². The fraction of sp³-hybridized carbons (Fsp3) is 0.375. The van der Waals surface area contributed by atoms with Gasteiger partial charge in [-0.05, 0) is 28.3 Å². The Labute approximate surface area is 180 Å². The Bertz CT molecular complexity index is 781. The third-order valence-electron chi connectivity index (χ3n) is 5.45. The number of aliphatic hydroxyl groups excluding tert-OH is 1. The van der Waals surface area contributed by atoms with E-state index in [-0.39, 0.29) is 17.6 Å². The van der Waals surface area contributed by atoms with Crippen LogP contribution in [-0.4, -0.2) is 42.7 Å². The maximum atomic E-state index is 11.1. The second-order valence-corrected chi connectivity index (χ2v) is 12.8. The van der Waals surface area contributed by atoms with Crippen molar-refractivity contribution in [3.8, 4) is 0 Å². The van der Waals surface area contributed by atoms with Crippen molar-refractivity contribution in [2.24, 2.45) is 5.73 Å². The minimum Gasteiger partial charge on any atom is -0.480 e. The molecule has 3 atom stereocenters. The molecule has 0 saturated heterocycles. The molecule has 2 rings (SSSR count). The molecule has 0 aliphatic carbocycles. The number of aliphatic carboxylic acids is 1. The lowest BCUT2D eigenvalue weighted by atomic mass is 10.0. The van der Waals surface area contributed by atoms with Crippen LogP contribution in [0.1, 0.15) is 33.6 Å². The van der Waals surface area contributed by atoms with E-state index in [1.54, 1.807) is 6.08 Å². The van der Waals surface area contributed by atoms with Crippen LogP contribution in [0, 0.1) is 0 Å². The first-order valence-electron chi connectivity index (χ1n) is 10.2. The van der Waals surface area contributed by atoms with Crippen LogP contribution in [0.2, 0.25) is 5.04 Å². The van der Waals surface area contributed by atoms with Crippen LogP contribution in [0.5, 0.6) is 0 Å². The zero-order chi connectivity index (χ0) is 22.4. The van der Waals surface area contributed by atoms with Crippen molar-refractivity contribution in [3.05, 3.63) is 73.3 Å². The van der Waals surface area contributed by atoms with Crippen molar-refractivity contribution in [3.63, 3.8) is 0 Å². The molecule has 2 aromatic rings. The lowest BCUT2D eigenvalue weighted by Gasteiger charge is -2.45. The minimum absolute atomic E-state index is 0.187. The number of carboxylic acid groups (broad SMARTS) is 1. The summed E-state index contributed by atoms with van der Waals surface area (Å²) < 4.78 is 6.94. The van der Waals surface area contributed by atoms with Crippen LogP contribution in [0.15, 0.2) is 73.3 Å². The average molecular weight is 428 g/mol. The standard InChI is InChI=1S/C24H33NO4Si/c1-5-18(16-17-21(26)22(25)23(27)28)29-30(24(2,3)4,19-12-8-6-9-13-19)20-14-10-7-11-15-20/h5-15,18,21-22,26H,1,16-17,25H2,2-4H3,(H,27,28). The number of hydrogen-bond acceptors (Lipinski definition) is 4. The minimum atomic E-state index is -2.75. The number of nitrogens with two attached hydrogens (primary N) is 1. The van der Waals surface area contributed by atoms with Gasteiger partial charge in [0.25, 0.3) is 8.32 Å². The Balaban J connectivity index is 2.44. The van der Waals surface area contributed by atoms with Gasteiger partial charge >= 0.3 is 5.97 Å². The lowest BCUT2D eigenvalue weighted by molar-refractivity contribution is -0.141. The zero-order valence-electron chi connectivity index (χ0n) is 18.0. The van der Waals surface area contributed by atoms with Crippen LogP contribution in [-0.2, 0) is 9.22 Å². The number of rotatable bonds is 10. The lowest BCUT2D eigenvalue weighted by Crippen LogP contribution is -2.67. The van der Waals surface area contributed by atoms with E-state index in [2.05, 4.69) is 51.6 Å². The van der Waals surface area contributed by atoms with Gasteiger partial charge in [0.15, 0.2) is 0 Å². The Morgan fingerprint density at radius 2 is 1.53 bits per heavy atom. The molecule has 3 unspecified atom stereocenters. The van der Waals surface area contributed by atoms with Crippen LogP contribution >= 0.6 is 0 Å². The highest BCUT2D eigenvalue weighted by molar-refractivity contribution is 6.99. The van der Waals surface area contributed by atoms with E-state index in [4.69, 9.17) is 15.3 Å². The fourth-order valence-corrected chi connectivity index (χ4v) is 8.51. The van der Waals surface area contributed by atoms with Crippen molar-refractivity contribution < 1.29 is 19.4 Å². The molecule has 6 heteroatoms. The van der Waals surface area contributed by atoms with Crippen LogP contribution in [0.25, 0.3) is 0 Å². The van der Waals surface area contributed by atoms with Crippen LogP contribution in [0.3, 0.4) is 0 Å². The largest absolute Gasteiger partial charge is 0.480 e. The Morgan fingerprint density at radius 1 is 1.07 bits per heavy atom. The van der Waals surface area contributed by atoms with Crippen molar-refractivity contribution >= 4 is 24.7 Å². The van der Waals surface area contributed by atoms with Crippen molar-refractivity contribution in [2.45, 2.75) is 56.9 Å². The molecule has 2 aromatic carbocycles. The first-order valence-corrected chi connectivity index (χ1v) is 12.1. The first-order chi connectivity index (χ1) is 14.1. The molecule has 0 spiro atoms. The fourth-order valence-electron chi connectivity index (χ4n) is 3.82. The maximum absolute atomic E-state index is 11.1. The Kier molecular flexibility index (Phi) is 8.15. The van der Waals surface area contributed by atoms with Crippen LogP contribution < -0.4 is 16.1 Å². The molecular formula is C24H33NO4Si. The highest BCUT2D eigenvalue weighted by Gasteiger charge is 2.51. The first kappa shape index (κ1) is 24.0. The quantitative estimate of drug-likeness (QED) is 0.400. The van der Waals surface area contributed by atoms with E-state index in [1.165, 1.54) is 0 Å². The Hall–Kier alpha value is -2.25. The summed E-state index contributed by atoms with van der Waals surface area (Å²) >= 11 is 0. The summed E-state index contributed by atoms with van der Waals surface area (Å²) in [6.45, 7) is 10.5. The molecule has 0 amide bonds. The highest BCUT2D eigenvalue weighted by atomic mass is 28.4. The number of aliphatic hydroxyl groups is 1. The van der Waals surface area contributed by atoms with E-state index >= 15 is 0 Å². The highest BCUT2D eigenvalue weighted by Crippen LogP contribution is 2.38. The van der Waals surface area contributed by atoms with Gasteiger partial charge < -0.3 is 20.4 Å². The van der Waals surface area contributed by atoms with E-state index in [1.807, 2.05) is 36.4 Å². The molecule has 0 aliphatic rings. The molecule has 30 heavy (non-hydrogen) atoms. The third kappa shape index (κ3) is 5.26. The van der Waals surface area contributed by atoms with Gasteiger partial charge in [0, 0.05) is 0 Å². The topological polar surface area (TPSA) is 92.8 Å². The zero-order valence-corrected chi connectivity index (χ0v) is 19.0. The predicted molar refractivity (Wildman–Crippen MR) is 124 cm³/mol. The van der Waals surface area contributed by atoms with Gasteiger partial charge in [0.05, 0.1) is 12.2 Å². The van der Waals surface area contributed by atoms with Crippen LogP contribution in [0.4, 0.5) is 0 Å². The summed E-state index contributed by atoms with van der Waals surface area (Å²) in [6.07, 6.45) is 0.872. The summed E-state index contributed by atoms with van der Waals surface area (Å²) in [6, 6.07) is 19.2. The van der Waals surface area contributed by atoms with E-state index < -0.39 is 26.4 Å². The molecule has 0 aliphatic heterocycles. The van der Waals surface area contributed by atoms with Gasteiger partial charge in [-0.2, -0.15) is 0 Å². The second-order valence-electron chi connectivity index (χ2n) is 8.56. The van der Waals surface area contributed by atoms with E-state index in [0.717, 1.165) is 10.4 Å². The number of carbonyl (C=O) groups is 1. The van der Waals surface area contributed by atoms with Crippen molar-refractivity contribution in [2.75, 3.05) is 0 Å². The molecule has 0 fully saturated rings. The van der Waals surface area contributed by atoms with E-state index in [0.29, 0.717) is 6.42 Å². The van der Waals surface area contributed by atoms with Gasteiger partial charge in [-0.15, -0.1) is 6.58 Å². The monoisotopic (exact) mass is 427 g/mol. The summed E-state index contributed by atoms with van der Waals surface area (Å²) in [4.78, 5) is 11.1. The molecule has 0 saturated carbocycles. The smallest absolute Gasteiger partial charge is 0.323 e. The molecular weight excluding hydrogens is 394 g/mol. The summed E-state index contributed by atoms with van der Waals surface area (Å²) in [5.74, 6) is -1.22. The van der Waals surface area contributed by atoms with Gasteiger partial charge in [0.1, 0.15) is 6.04 Å². The normalized spacial score (nSPS) is 15.2. The van der Waals surface area contributed by atoms with E-state index in [9.17, 15) is 9.90 Å². The molecule has 0 aromatic heterocycles. The maximum Gasteiger partial charge on any atom is 0.323 e. The summed E-state index contributed by atoms with van der Waals surface area (Å²) in [5.41, 5.74) is 5.56. The number of carboxylic acids is 1. The molecule has 4 N–H and O–H groups in total. The van der Waals surface area contributed by atoms with Gasteiger partial charge in [-0.3, -0.25) is 4.79 Å². The van der Waals surface area contributed by atoms with Gasteiger partial charge in [0.2, 0.25) is 0 Å². The molecule has 0 radical (unpaired) electrons. The predicted octanol–water partition coefficient (Wildman–Crippen LogP) is 2.67. The SMILES string of the molecule is C=CC(CCC(O)C(N)C(=O)O)O[Si](c1ccccc1)(c1ccccc1)C(C)(C)C. The number of benzene rings is 2. The molecule has 0 bridgehead atoms. The Morgan fingerprint density at radius 3 is 1.90 bits per heavy atom. The molecule has 0 heterocycles. The average Bonchev–Trinajstić information content (AvgIpc) is 2.73. The van der Waals surface area contributed by atoms with Crippen molar-refractivity contribution in [1.29, 1.82) is 0 Å². The van der Waals surface area contributed by atoms with Gasteiger partial charge in [-0.1, -0.05) is 87.5 Å². The number of hydrogen-bond donors (Lipinski definition) is 3. The molecule has 5 nitrogen and oxygen atoms in total. The third-order valence-corrected chi connectivity index (χ3v) is 10.5. The summed E-state index contributed by atoms with van der Waals surface area (Å²) in [7, 11) is -2.75. The summed E-state index contributed by atoms with van der Waals surface area (Å²) in [5, 5.41) is 21.3.